The Kier molecular flexibility index (Phi) is 6.52. The van der Waals surface area contributed by atoms with E-state index in [0.717, 1.165) is 0 Å². The van der Waals surface area contributed by atoms with Crippen molar-refractivity contribution in [2.45, 2.75) is 172 Å². The van der Waals surface area contributed by atoms with Crippen molar-refractivity contribution in [3.05, 3.63) is 11.6 Å². The highest BCUT2D eigenvalue weighted by Gasteiger charge is 2.75. The molecule has 0 aromatic rings. The number of rotatable bonds is 4. The summed E-state index contributed by atoms with van der Waals surface area (Å²) in [6.45, 7) is 17.7. The molecule has 5 fully saturated rings. The maximum Gasteiger partial charge on any atom is 0.164 e. The molecule has 4 N–H and O–H groups in total. The summed E-state index contributed by atoms with van der Waals surface area (Å²) in [6.07, 6.45) is 5.14. The number of hydrogen-bond acceptors (Lipinski definition) is 8. The van der Waals surface area contributed by atoms with Gasteiger partial charge in [-0.2, -0.15) is 0 Å². The summed E-state index contributed by atoms with van der Waals surface area (Å²) < 4.78 is 25.7. The summed E-state index contributed by atoms with van der Waals surface area (Å²) in [7, 11) is 0. The predicted octanol–water partition coefficient (Wildman–Crippen LogP) is 4.36. The van der Waals surface area contributed by atoms with Crippen molar-refractivity contribution < 1.29 is 39.4 Å². The zero-order chi connectivity index (χ0) is 30.2. The highest BCUT2D eigenvalue weighted by molar-refractivity contribution is 5.43. The van der Waals surface area contributed by atoms with Crippen LogP contribution in [0.5, 0.6) is 0 Å². The molecule has 2 heterocycles. The quantitative estimate of drug-likeness (QED) is 0.364. The van der Waals surface area contributed by atoms with E-state index >= 15 is 0 Å². The van der Waals surface area contributed by atoms with Gasteiger partial charge in [0.15, 0.2) is 11.6 Å². The van der Waals surface area contributed by atoms with Crippen molar-refractivity contribution in [3.63, 3.8) is 0 Å². The van der Waals surface area contributed by atoms with Crippen LogP contribution in [0.2, 0.25) is 0 Å². The van der Waals surface area contributed by atoms with Gasteiger partial charge in [-0.25, -0.2) is 0 Å². The minimum Gasteiger partial charge on any atom is -0.390 e. The molecule has 11 atom stereocenters. The molecular weight excluding hydrogens is 524 g/mol. The predicted molar refractivity (Wildman–Crippen MR) is 153 cm³/mol. The molecule has 6 rings (SSSR count). The van der Waals surface area contributed by atoms with E-state index in [9.17, 15) is 20.4 Å². The van der Waals surface area contributed by atoms with E-state index in [1.54, 1.807) is 6.08 Å². The summed E-state index contributed by atoms with van der Waals surface area (Å²) >= 11 is 0. The second-order valence-corrected chi connectivity index (χ2v) is 16.6. The van der Waals surface area contributed by atoms with Gasteiger partial charge < -0.3 is 39.4 Å². The molecule has 3 saturated carbocycles. The van der Waals surface area contributed by atoms with Gasteiger partial charge in [0.05, 0.1) is 46.8 Å². The molecule has 0 spiro atoms. The minimum absolute atomic E-state index is 0.0511. The lowest BCUT2D eigenvalue weighted by Gasteiger charge is -2.65. The first kappa shape index (κ1) is 30.4. The first-order chi connectivity index (χ1) is 18.6. The molecule has 234 valence electrons. The molecule has 8 heteroatoms. The largest absolute Gasteiger partial charge is 0.390 e. The van der Waals surface area contributed by atoms with Crippen molar-refractivity contribution in [2.75, 3.05) is 0 Å². The number of aliphatic hydroxyl groups is 4. The van der Waals surface area contributed by atoms with Crippen molar-refractivity contribution in [3.8, 4) is 0 Å². The van der Waals surface area contributed by atoms with Gasteiger partial charge in [-0.1, -0.05) is 19.9 Å². The van der Waals surface area contributed by atoms with Gasteiger partial charge in [-0.05, 0) is 117 Å². The van der Waals surface area contributed by atoms with Crippen LogP contribution in [0.3, 0.4) is 0 Å². The Hall–Kier alpha value is -0.580. The van der Waals surface area contributed by atoms with E-state index in [4.69, 9.17) is 18.9 Å². The van der Waals surface area contributed by atoms with E-state index < -0.39 is 50.9 Å². The summed E-state index contributed by atoms with van der Waals surface area (Å²) in [6, 6.07) is 0. The molecular formula is C33H54O8. The fourth-order valence-electron chi connectivity index (χ4n) is 10.6. The monoisotopic (exact) mass is 578 g/mol. The van der Waals surface area contributed by atoms with Crippen LogP contribution in [0.15, 0.2) is 11.6 Å². The zero-order valence-electron chi connectivity index (χ0n) is 26.6. The van der Waals surface area contributed by atoms with Crippen molar-refractivity contribution in [1.29, 1.82) is 0 Å². The first-order valence-electron chi connectivity index (χ1n) is 15.9. The molecule has 0 unspecified atom stereocenters. The van der Waals surface area contributed by atoms with Crippen LogP contribution < -0.4 is 0 Å². The third-order valence-corrected chi connectivity index (χ3v) is 12.6. The lowest BCUT2D eigenvalue weighted by molar-refractivity contribution is -0.223. The van der Waals surface area contributed by atoms with E-state index in [-0.39, 0.29) is 30.1 Å². The topological polar surface area (TPSA) is 118 Å². The van der Waals surface area contributed by atoms with Crippen LogP contribution in [-0.4, -0.2) is 78.8 Å². The Bertz CT molecular complexity index is 1110. The molecule has 2 saturated heterocycles. The van der Waals surface area contributed by atoms with Gasteiger partial charge in [0, 0.05) is 10.8 Å². The normalized spacial score (nSPS) is 53.7. The standard InChI is InChI=1S/C33H54O8/c1-26(2,35)12-11-25-31(9,41-28(5,6)40-25)23-10-13-32(36)24-17-20(34)19-16-21-22(39-27(3,4)38-21)18-30(19,8)33(24,37)15-14-29(23,32)7/h17,19-23,25,34-37H,10-16,18H2,1-9H3/t19-,20+,21-,22+,23+,25-,29-,30+,31-,32-,33-/m1/s1. The molecule has 0 bridgehead atoms. The van der Waals surface area contributed by atoms with Crippen molar-refractivity contribution in [2.24, 2.45) is 22.7 Å². The van der Waals surface area contributed by atoms with Crippen LogP contribution >= 0.6 is 0 Å². The molecule has 0 radical (unpaired) electrons. The Morgan fingerprint density at radius 2 is 1.49 bits per heavy atom. The Morgan fingerprint density at radius 3 is 2.15 bits per heavy atom. The Morgan fingerprint density at radius 1 is 0.854 bits per heavy atom. The summed E-state index contributed by atoms with van der Waals surface area (Å²) in [4.78, 5) is 0. The van der Waals surface area contributed by atoms with Crippen LogP contribution in [0.1, 0.15) is 114 Å². The second-order valence-electron chi connectivity index (χ2n) is 16.6. The van der Waals surface area contributed by atoms with Crippen LogP contribution in [-0.2, 0) is 18.9 Å². The van der Waals surface area contributed by atoms with Crippen molar-refractivity contribution in [1.82, 2.24) is 0 Å². The van der Waals surface area contributed by atoms with E-state index in [2.05, 4.69) is 20.8 Å². The van der Waals surface area contributed by atoms with E-state index in [1.165, 1.54) is 0 Å². The molecule has 0 amide bonds. The molecule has 8 nitrogen and oxygen atoms in total. The Labute approximate surface area is 245 Å². The highest BCUT2D eigenvalue weighted by atomic mass is 16.8. The fourth-order valence-corrected chi connectivity index (χ4v) is 10.6. The van der Waals surface area contributed by atoms with Crippen LogP contribution in [0, 0.1) is 22.7 Å². The van der Waals surface area contributed by atoms with Crippen LogP contribution in [0.25, 0.3) is 0 Å². The highest BCUT2D eigenvalue weighted by Crippen LogP contribution is 2.71. The third-order valence-electron chi connectivity index (χ3n) is 12.6. The molecule has 4 aliphatic carbocycles. The Balaban J connectivity index is 1.36. The van der Waals surface area contributed by atoms with E-state index in [1.807, 2.05) is 41.5 Å². The zero-order valence-corrected chi connectivity index (χ0v) is 26.6. The molecule has 0 aromatic carbocycles. The first-order valence-corrected chi connectivity index (χ1v) is 15.9. The molecule has 0 aromatic heterocycles. The number of fused-ring (bicyclic) bond motifs is 6. The van der Waals surface area contributed by atoms with Gasteiger partial charge in [-0.15, -0.1) is 0 Å². The number of ether oxygens (including phenoxy) is 4. The summed E-state index contributed by atoms with van der Waals surface area (Å²) in [5.74, 6) is -1.73. The van der Waals surface area contributed by atoms with Gasteiger partial charge in [0.2, 0.25) is 0 Å². The smallest absolute Gasteiger partial charge is 0.164 e. The molecule has 2 aliphatic heterocycles. The lowest BCUT2D eigenvalue weighted by atomic mass is 9.43. The van der Waals surface area contributed by atoms with Gasteiger partial charge >= 0.3 is 0 Å². The summed E-state index contributed by atoms with van der Waals surface area (Å²) in [5.41, 5.74) is -4.79. The minimum atomic E-state index is -1.30. The van der Waals surface area contributed by atoms with Crippen molar-refractivity contribution >= 4 is 0 Å². The fraction of sp³-hybridized carbons (Fsp3) is 0.939. The van der Waals surface area contributed by atoms with Crippen LogP contribution in [0.4, 0.5) is 0 Å². The second kappa shape index (κ2) is 8.78. The van der Waals surface area contributed by atoms with Gasteiger partial charge in [0.25, 0.3) is 0 Å². The summed E-state index contributed by atoms with van der Waals surface area (Å²) in [5, 5.41) is 47.7. The third kappa shape index (κ3) is 4.22. The lowest BCUT2D eigenvalue weighted by Crippen LogP contribution is -2.70. The van der Waals surface area contributed by atoms with E-state index in [0.29, 0.717) is 56.9 Å². The molecule has 41 heavy (non-hydrogen) atoms. The average Bonchev–Trinajstić information content (AvgIpc) is 3.37. The number of aliphatic hydroxyl groups excluding tert-OH is 1. The maximum atomic E-state index is 12.8. The maximum absolute atomic E-state index is 12.8. The SMILES string of the molecule is CC(C)(O)CC[C@H]1OC(C)(C)O[C@]1(C)[C@H]1CC[C@@]2(O)C3=C[C@H](O)[C@H]4C[C@H]5OC(C)(C)O[C@H]5C[C@]4(C)[C@@]3(O)CC[C@]12C. The molecule has 6 aliphatic rings. The van der Waals surface area contributed by atoms with Gasteiger partial charge in [0.1, 0.15) is 0 Å². The number of hydrogen-bond donors (Lipinski definition) is 4. The van der Waals surface area contributed by atoms with Gasteiger partial charge in [-0.3, -0.25) is 0 Å². The average molecular weight is 579 g/mol.